The first-order chi connectivity index (χ1) is 8.14. The second kappa shape index (κ2) is 8.10. The van der Waals surface area contributed by atoms with E-state index in [1.165, 1.54) is 45.1 Å². The van der Waals surface area contributed by atoms with Gasteiger partial charge in [0.25, 0.3) is 0 Å². The van der Waals surface area contributed by atoms with E-state index < -0.39 is 0 Å². The van der Waals surface area contributed by atoms with Crippen molar-refractivity contribution in [1.29, 1.82) is 0 Å². The van der Waals surface area contributed by atoms with Crippen molar-refractivity contribution < 1.29 is 4.74 Å². The number of methoxy groups -OCH3 is 1. The minimum absolute atomic E-state index is 0.364. The van der Waals surface area contributed by atoms with E-state index in [0.717, 1.165) is 25.5 Å². The van der Waals surface area contributed by atoms with Crippen LogP contribution >= 0.6 is 0 Å². The van der Waals surface area contributed by atoms with Gasteiger partial charge in [-0.2, -0.15) is 0 Å². The highest BCUT2D eigenvalue weighted by molar-refractivity contribution is 4.72. The molecule has 2 heteroatoms. The molecule has 0 radical (unpaired) electrons. The fraction of sp³-hybridized carbons (Fsp3) is 1.00. The summed E-state index contributed by atoms with van der Waals surface area (Å²) in [7, 11) is 1.78. The van der Waals surface area contributed by atoms with Crippen molar-refractivity contribution in [1.82, 2.24) is 5.32 Å². The fourth-order valence-electron chi connectivity index (χ4n) is 2.68. The molecule has 1 fully saturated rings. The minimum atomic E-state index is 0.364. The van der Waals surface area contributed by atoms with Crippen molar-refractivity contribution in [3.05, 3.63) is 0 Å². The van der Waals surface area contributed by atoms with Gasteiger partial charge in [-0.25, -0.2) is 0 Å². The molecule has 0 aliphatic heterocycles. The Hall–Kier alpha value is -0.0800. The zero-order chi connectivity index (χ0) is 12.6. The maximum atomic E-state index is 5.15. The van der Waals surface area contributed by atoms with E-state index in [1.54, 1.807) is 7.11 Å². The van der Waals surface area contributed by atoms with Crippen LogP contribution in [0.3, 0.4) is 0 Å². The minimum Gasteiger partial charge on any atom is -0.385 e. The molecule has 2 nitrogen and oxygen atoms in total. The second-order valence-corrected chi connectivity index (χ2v) is 6.38. The van der Waals surface area contributed by atoms with E-state index in [-0.39, 0.29) is 0 Å². The summed E-state index contributed by atoms with van der Waals surface area (Å²) in [6.07, 6.45) is 9.84. The highest BCUT2D eigenvalue weighted by atomic mass is 16.5. The van der Waals surface area contributed by atoms with Gasteiger partial charge in [-0.1, -0.05) is 46.0 Å². The van der Waals surface area contributed by atoms with Crippen LogP contribution in [0.1, 0.15) is 58.8 Å². The molecule has 0 aromatic carbocycles. The van der Waals surface area contributed by atoms with E-state index in [9.17, 15) is 0 Å². The molecule has 0 spiro atoms. The Morgan fingerprint density at radius 1 is 1.18 bits per heavy atom. The standard InChI is InChI=1S/C15H31NO/c1-15(2,10-12-17-3)13-16-11-9-14-7-5-4-6-8-14/h14,16H,4-13H2,1-3H3. The lowest BCUT2D eigenvalue weighted by molar-refractivity contribution is 0.150. The Labute approximate surface area is 108 Å². The van der Waals surface area contributed by atoms with Gasteiger partial charge in [-0.3, -0.25) is 0 Å². The third kappa shape index (κ3) is 7.05. The van der Waals surface area contributed by atoms with Crippen molar-refractivity contribution in [2.75, 3.05) is 26.8 Å². The average Bonchev–Trinajstić information content (AvgIpc) is 2.34. The van der Waals surface area contributed by atoms with Gasteiger partial charge in [0.2, 0.25) is 0 Å². The monoisotopic (exact) mass is 241 g/mol. The van der Waals surface area contributed by atoms with Gasteiger partial charge in [0.15, 0.2) is 0 Å². The Bertz CT molecular complexity index is 185. The van der Waals surface area contributed by atoms with Crippen LogP contribution in [-0.4, -0.2) is 26.8 Å². The summed E-state index contributed by atoms with van der Waals surface area (Å²) < 4.78 is 5.15. The first-order valence-electron chi connectivity index (χ1n) is 7.34. The Kier molecular flexibility index (Phi) is 7.14. The van der Waals surface area contributed by atoms with E-state index in [0.29, 0.717) is 5.41 Å². The number of hydrogen-bond donors (Lipinski definition) is 1. The predicted molar refractivity (Wildman–Crippen MR) is 74.3 cm³/mol. The van der Waals surface area contributed by atoms with Crippen molar-refractivity contribution in [3.63, 3.8) is 0 Å². The van der Waals surface area contributed by atoms with Crippen LogP contribution in [0, 0.1) is 11.3 Å². The third-order valence-electron chi connectivity index (χ3n) is 4.04. The summed E-state index contributed by atoms with van der Waals surface area (Å²) in [5, 5.41) is 3.63. The maximum absolute atomic E-state index is 5.15. The molecule has 0 aromatic heterocycles. The maximum Gasteiger partial charge on any atom is 0.0467 e. The molecule has 1 saturated carbocycles. The quantitative estimate of drug-likeness (QED) is 0.656. The van der Waals surface area contributed by atoms with E-state index in [1.807, 2.05) is 0 Å². The summed E-state index contributed by atoms with van der Waals surface area (Å²) in [5.41, 5.74) is 0.364. The van der Waals surface area contributed by atoms with Crippen LogP contribution in [0.25, 0.3) is 0 Å². The molecule has 0 atom stereocenters. The highest BCUT2D eigenvalue weighted by Crippen LogP contribution is 2.26. The molecule has 0 unspecified atom stereocenters. The molecule has 1 N–H and O–H groups in total. The molecule has 0 amide bonds. The van der Waals surface area contributed by atoms with Crippen molar-refractivity contribution in [3.8, 4) is 0 Å². The summed E-state index contributed by atoms with van der Waals surface area (Å²) in [6, 6.07) is 0. The second-order valence-electron chi connectivity index (χ2n) is 6.38. The number of ether oxygens (including phenoxy) is 1. The van der Waals surface area contributed by atoms with Gasteiger partial charge >= 0.3 is 0 Å². The van der Waals surface area contributed by atoms with Crippen LogP contribution < -0.4 is 5.32 Å². The average molecular weight is 241 g/mol. The lowest BCUT2D eigenvalue weighted by atomic mass is 9.86. The van der Waals surface area contributed by atoms with Gasteiger partial charge in [-0.15, -0.1) is 0 Å². The van der Waals surface area contributed by atoms with Crippen molar-refractivity contribution >= 4 is 0 Å². The largest absolute Gasteiger partial charge is 0.385 e. The highest BCUT2D eigenvalue weighted by Gasteiger charge is 2.17. The smallest absolute Gasteiger partial charge is 0.0467 e. The van der Waals surface area contributed by atoms with Crippen LogP contribution in [0.5, 0.6) is 0 Å². The van der Waals surface area contributed by atoms with Crippen LogP contribution in [0.15, 0.2) is 0 Å². The summed E-state index contributed by atoms with van der Waals surface area (Å²) in [4.78, 5) is 0. The molecule has 0 bridgehead atoms. The third-order valence-corrected chi connectivity index (χ3v) is 4.04. The lowest BCUT2D eigenvalue weighted by Crippen LogP contribution is -2.31. The summed E-state index contributed by atoms with van der Waals surface area (Å²) >= 11 is 0. The normalized spacial score (nSPS) is 18.5. The molecule has 17 heavy (non-hydrogen) atoms. The summed E-state index contributed by atoms with van der Waals surface area (Å²) in [5.74, 6) is 0.998. The van der Waals surface area contributed by atoms with Gasteiger partial charge in [0.05, 0.1) is 0 Å². The Morgan fingerprint density at radius 3 is 2.53 bits per heavy atom. The predicted octanol–water partition coefficient (Wildman–Crippen LogP) is 3.61. The van der Waals surface area contributed by atoms with Gasteiger partial charge in [0, 0.05) is 20.3 Å². The topological polar surface area (TPSA) is 21.3 Å². The molecule has 0 saturated heterocycles. The van der Waals surface area contributed by atoms with Crippen molar-refractivity contribution in [2.24, 2.45) is 11.3 Å². The zero-order valence-corrected chi connectivity index (χ0v) is 12.1. The molecular formula is C15H31NO. The lowest BCUT2D eigenvalue weighted by Gasteiger charge is -2.26. The fourth-order valence-corrected chi connectivity index (χ4v) is 2.68. The SMILES string of the molecule is COCCC(C)(C)CNCCC1CCCCC1. The molecule has 0 heterocycles. The first-order valence-corrected chi connectivity index (χ1v) is 7.34. The molecule has 102 valence electrons. The van der Waals surface area contributed by atoms with Gasteiger partial charge in [0.1, 0.15) is 0 Å². The number of hydrogen-bond acceptors (Lipinski definition) is 2. The van der Waals surface area contributed by atoms with Gasteiger partial charge < -0.3 is 10.1 Å². The van der Waals surface area contributed by atoms with Crippen LogP contribution in [0.4, 0.5) is 0 Å². The molecular weight excluding hydrogens is 210 g/mol. The molecule has 1 aliphatic rings. The van der Waals surface area contributed by atoms with E-state index >= 15 is 0 Å². The Morgan fingerprint density at radius 2 is 1.88 bits per heavy atom. The number of nitrogens with one attached hydrogen (secondary N) is 1. The molecule has 0 aromatic rings. The molecule has 1 rings (SSSR count). The summed E-state index contributed by atoms with van der Waals surface area (Å²) in [6.45, 7) is 7.82. The molecule has 1 aliphatic carbocycles. The first kappa shape index (κ1) is 15.0. The Balaban J connectivity index is 2.02. The number of rotatable bonds is 8. The van der Waals surface area contributed by atoms with Crippen LogP contribution in [0.2, 0.25) is 0 Å². The van der Waals surface area contributed by atoms with Crippen molar-refractivity contribution in [2.45, 2.75) is 58.8 Å². The van der Waals surface area contributed by atoms with E-state index in [2.05, 4.69) is 19.2 Å². The van der Waals surface area contributed by atoms with Crippen LogP contribution in [-0.2, 0) is 4.74 Å². The van der Waals surface area contributed by atoms with Gasteiger partial charge in [-0.05, 0) is 30.7 Å². The zero-order valence-electron chi connectivity index (χ0n) is 12.1. The van der Waals surface area contributed by atoms with E-state index in [4.69, 9.17) is 4.74 Å².